The van der Waals surface area contributed by atoms with Crippen LogP contribution in [0.1, 0.15) is 54.6 Å². The predicted molar refractivity (Wildman–Crippen MR) is 137 cm³/mol. The van der Waals surface area contributed by atoms with Gasteiger partial charge in [-0.15, -0.1) is 11.3 Å². The number of thiazole rings is 1. The molecule has 1 fully saturated rings. The summed E-state index contributed by atoms with van der Waals surface area (Å²) in [6, 6.07) is 11.6. The van der Waals surface area contributed by atoms with E-state index in [0.29, 0.717) is 33.5 Å². The van der Waals surface area contributed by atoms with E-state index in [0.717, 1.165) is 42.8 Å². The molecular formula is C27H29N3O3S. The lowest BCUT2D eigenvalue weighted by Crippen LogP contribution is -2.34. The summed E-state index contributed by atoms with van der Waals surface area (Å²) >= 11 is 1.37. The summed E-state index contributed by atoms with van der Waals surface area (Å²) in [6.45, 7) is 5.68. The van der Waals surface area contributed by atoms with Gasteiger partial charge in [-0.25, -0.2) is 4.98 Å². The Kier molecular flexibility index (Phi) is 6.15. The van der Waals surface area contributed by atoms with E-state index in [1.807, 2.05) is 37.4 Å². The molecule has 0 aliphatic carbocycles. The maximum absolute atomic E-state index is 13.8. The molecule has 3 heterocycles. The molecule has 1 aliphatic rings. The topological polar surface area (TPSA) is 92.6 Å². The highest BCUT2D eigenvalue weighted by Crippen LogP contribution is 2.43. The summed E-state index contributed by atoms with van der Waals surface area (Å²) < 4.78 is 6.20. The van der Waals surface area contributed by atoms with E-state index in [1.54, 1.807) is 6.07 Å². The molecule has 7 heteroatoms. The number of rotatable bonds is 5. The van der Waals surface area contributed by atoms with Crippen LogP contribution in [0.5, 0.6) is 5.75 Å². The van der Waals surface area contributed by atoms with Crippen molar-refractivity contribution >= 4 is 28.2 Å². The number of aryl methyl sites for hydroxylation is 2. The molecule has 1 unspecified atom stereocenters. The number of benzene rings is 2. The molecule has 176 valence electrons. The molecule has 0 radical (unpaired) electrons. The van der Waals surface area contributed by atoms with E-state index < -0.39 is 0 Å². The SMILES string of the molecule is CCc1cc2c(=O)c(-c3nc(C)cs3)c(N)oc2c(C(c2ccccc2)N2CCCCC2)c1O. The lowest BCUT2D eigenvalue weighted by Gasteiger charge is -2.36. The van der Waals surface area contributed by atoms with E-state index >= 15 is 0 Å². The molecule has 0 bridgehead atoms. The molecule has 4 aromatic rings. The number of nitrogen functional groups attached to an aromatic ring is 1. The number of hydrogen-bond acceptors (Lipinski definition) is 7. The van der Waals surface area contributed by atoms with Crippen molar-refractivity contribution in [3.8, 4) is 16.3 Å². The van der Waals surface area contributed by atoms with Crippen LogP contribution in [0.4, 0.5) is 5.88 Å². The zero-order chi connectivity index (χ0) is 23.8. The normalized spacial score (nSPS) is 15.6. The first-order chi connectivity index (χ1) is 16.5. The average Bonchev–Trinajstić information content (AvgIpc) is 3.27. The number of nitrogens with two attached hydrogens (primary N) is 1. The fourth-order valence-corrected chi connectivity index (χ4v) is 5.83. The molecule has 0 amide bonds. The summed E-state index contributed by atoms with van der Waals surface area (Å²) in [5.74, 6) is 0.206. The minimum atomic E-state index is -0.244. The van der Waals surface area contributed by atoms with Crippen molar-refractivity contribution in [2.24, 2.45) is 0 Å². The minimum absolute atomic E-state index is 0.0298. The monoisotopic (exact) mass is 475 g/mol. The Morgan fingerprint density at radius 2 is 1.94 bits per heavy atom. The maximum atomic E-state index is 13.8. The average molecular weight is 476 g/mol. The number of nitrogens with zero attached hydrogens (tertiary/aromatic N) is 2. The van der Waals surface area contributed by atoms with E-state index in [1.165, 1.54) is 17.8 Å². The maximum Gasteiger partial charge on any atom is 0.205 e. The number of aromatic hydroxyl groups is 1. The summed E-state index contributed by atoms with van der Waals surface area (Å²) in [5, 5.41) is 14.3. The van der Waals surface area contributed by atoms with Gasteiger partial charge in [0.25, 0.3) is 0 Å². The summed E-state index contributed by atoms with van der Waals surface area (Å²) in [7, 11) is 0. The number of phenols is 1. The van der Waals surface area contributed by atoms with Crippen LogP contribution in [0.15, 0.2) is 51.0 Å². The number of phenolic OH excluding ortho intramolecular Hbond substituents is 1. The van der Waals surface area contributed by atoms with Gasteiger partial charge < -0.3 is 15.3 Å². The van der Waals surface area contributed by atoms with E-state index in [9.17, 15) is 9.90 Å². The molecule has 2 aromatic carbocycles. The predicted octanol–water partition coefficient (Wildman–Crippen LogP) is 5.65. The van der Waals surface area contributed by atoms with Crippen LogP contribution in [-0.4, -0.2) is 28.1 Å². The van der Waals surface area contributed by atoms with Crippen LogP contribution in [0.25, 0.3) is 21.5 Å². The van der Waals surface area contributed by atoms with Crippen LogP contribution in [0, 0.1) is 6.92 Å². The van der Waals surface area contributed by atoms with Crippen molar-refractivity contribution in [2.75, 3.05) is 18.8 Å². The fourth-order valence-electron chi connectivity index (χ4n) is 4.99. The second-order valence-electron chi connectivity index (χ2n) is 8.90. The van der Waals surface area contributed by atoms with Crippen LogP contribution in [0.3, 0.4) is 0 Å². The quantitative estimate of drug-likeness (QED) is 0.387. The molecule has 0 spiro atoms. The Morgan fingerprint density at radius 1 is 1.21 bits per heavy atom. The first-order valence-electron chi connectivity index (χ1n) is 11.8. The molecular weight excluding hydrogens is 446 g/mol. The van der Waals surface area contributed by atoms with Gasteiger partial charge >= 0.3 is 0 Å². The van der Waals surface area contributed by atoms with Gasteiger partial charge in [0.2, 0.25) is 11.3 Å². The van der Waals surface area contributed by atoms with Gasteiger partial charge in [-0.2, -0.15) is 0 Å². The third kappa shape index (κ3) is 3.89. The minimum Gasteiger partial charge on any atom is -0.507 e. The lowest BCUT2D eigenvalue weighted by atomic mass is 9.90. The summed E-state index contributed by atoms with van der Waals surface area (Å²) in [4.78, 5) is 20.6. The highest BCUT2D eigenvalue weighted by molar-refractivity contribution is 7.13. The molecule has 3 N–H and O–H groups in total. The van der Waals surface area contributed by atoms with E-state index in [4.69, 9.17) is 10.2 Å². The molecule has 5 rings (SSSR count). The third-order valence-electron chi connectivity index (χ3n) is 6.66. The summed E-state index contributed by atoms with van der Waals surface area (Å²) in [6.07, 6.45) is 3.97. The largest absolute Gasteiger partial charge is 0.507 e. The van der Waals surface area contributed by atoms with Gasteiger partial charge in [0, 0.05) is 11.1 Å². The molecule has 6 nitrogen and oxygen atoms in total. The number of fused-ring (bicyclic) bond motifs is 1. The van der Waals surface area contributed by atoms with Crippen LogP contribution in [-0.2, 0) is 6.42 Å². The molecule has 2 aromatic heterocycles. The molecule has 34 heavy (non-hydrogen) atoms. The number of piperidine rings is 1. The van der Waals surface area contributed by atoms with Crippen molar-refractivity contribution in [3.05, 3.63) is 74.4 Å². The van der Waals surface area contributed by atoms with Crippen molar-refractivity contribution in [2.45, 2.75) is 45.6 Å². The zero-order valence-electron chi connectivity index (χ0n) is 19.5. The van der Waals surface area contributed by atoms with Crippen molar-refractivity contribution in [1.29, 1.82) is 0 Å². The van der Waals surface area contributed by atoms with Gasteiger partial charge in [0.05, 0.1) is 17.0 Å². The molecule has 1 aliphatic heterocycles. The van der Waals surface area contributed by atoms with Gasteiger partial charge in [0.1, 0.15) is 21.9 Å². The van der Waals surface area contributed by atoms with Gasteiger partial charge in [0.15, 0.2) is 0 Å². The van der Waals surface area contributed by atoms with Gasteiger partial charge in [-0.05, 0) is 56.5 Å². The van der Waals surface area contributed by atoms with Gasteiger partial charge in [-0.3, -0.25) is 9.69 Å². The van der Waals surface area contributed by atoms with Crippen LogP contribution in [0.2, 0.25) is 0 Å². The second kappa shape index (κ2) is 9.24. The van der Waals surface area contributed by atoms with Gasteiger partial charge in [-0.1, -0.05) is 43.7 Å². The van der Waals surface area contributed by atoms with Crippen LogP contribution < -0.4 is 11.2 Å². The first kappa shape index (κ1) is 22.6. The van der Waals surface area contributed by atoms with Crippen LogP contribution >= 0.6 is 11.3 Å². The zero-order valence-corrected chi connectivity index (χ0v) is 20.3. The Hall–Kier alpha value is -3.16. The smallest absolute Gasteiger partial charge is 0.205 e. The second-order valence-corrected chi connectivity index (χ2v) is 9.76. The number of anilines is 1. The van der Waals surface area contributed by atoms with Crippen molar-refractivity contribution in [3.63, 3.8) is 0 Å². The number of aromatic nitrogens is 1. The highest BCUT2D eigenvalue weighted by Gasteiger charge is 2.32. The summed E-state index contributed by atoms with van der Waals surface area (Å²) in [5.41, 5.74) is 9.99. The molecule has 0 saturated carbocycles. The van der Waals surface area contributed by atoms with Crippen molar-refractivity contribution in [1.82, 2.24) is 9.88 Å². The molecule has 1 saturated heterocycles. The van der Waals surface area contributed by atoms with E-state index in [-0.39, 0.29) is 23.1 Å². The van der Waals surface area contributed by atoms with Crippen molar-refractivity contribution < 1.29 is 9.52 Å². The lowest BCUT2D eigenvalue weighted by molar-refractivity contribution is 0.185. The first-order valence-corrected chi connectivity index (χ1v) is 12.7. The Balaban J connectivity index is 1.83. The Bertz CT molecular complexity index is 1390. The Morgan fingerprint density at radius 3 is 2.59 bits per heavy atom. The fraction of sp³-hybridized carbons (Fsp3) is 0.333. The third-order valence-corrected chi connectivity index (χ3v) is 7.63. The number of hydrogen-bond donors (Lipinski definition) is 2. The Labute approximate surface area is 202 Å². The highest BCUT2D eigenvalue weighted by atomic mass is 32.1. The molecule has 1 atom stereocenters. The number of likely N-dealkylation sites (tertiary alicyclic amines) is 1. The standard InChI is InChI=1S/C27H29N3O3S/c1-3-17-14-19-24(32)21(27-29-16(2)15-34-27)26(28)33-25(19)20(23(17)31)22(18-10-6-4-7-11-18)30-12-8-5-9-13-30/h4,6-7,10-11,14-15,22,31H,3,5,8-9,12-13,28H2,1-2H3. The van der Waals surface area contributed by atoms with E-state index in [2.05, 4.69) is 22.0 Å².